The van der Waals surface area contributed by atoms with Gasteiger partial charge in [0.2, 0.25) is 17.9 Å². The Hall–Kier alpha value is -6.71. The van der Waals surface area contributed by atoms with Crippen LogP contribution in [0, 0.1) is 52.4 Å². The maximum Gasteiger partial charge on any atom is 0.332 e. The molecule has 2 aromatic rings. The number of aliphatic hydroxyl groups excluding tert-OH is 10. The molecule has 0 aromatic heterocycles. The number of ether oxygens (including phenoxy) is 11. The van der Waals surface area contributed by atoms with Crippen LogP contribution in [0.1, 0.15) is 168 Å². The molecule has 4 rings (SSSR count). The van der Waals surface area contributed by atoms with Crippen LogP contribution in [0.3, 0.4) is 0 Å². The maximum atomic E-state index is 11.4. The average Bonchev–Trinajstić information content (AvgIpc) is 0.776. The molecular formula is C93H168N6O32S4. The van der Waals surface area contributed by atoms with E-state index in [1.807, 2.05) is 33.9 Å². The molecule has 135 heavy (non-hydrogen) atoms. The van der Waals surface area contributed by atoms with E-state index in [-0.39, 0.29) is 110 Å². The number of anilines is 2. The quantitative estimate of drug-likeness (QED) is 0.00563. The van der Waals surface area contributed by atoms with Gasteiger partial charge in [-0.05, 0) is 187 Å². The van der Waals surface area contributed by atoms with E-state index in [4.69, 9.17) is 94.6 Å². The second kappa shape index (κ2) is 75.2. The Labute approximate surface area is 820 Å². The summed E-state index contributed by atoms with van der Waals surface area (Å²) in [6.45, 7) is 44.8. The number of aliphatic hydroxyl groups is 10. The Kier molecular flexibility index (Phi) is 78.7. The number of hydrogen-bond donors (Lipinski definition) is 15. The summed E-state index contributed by atoms with van der Waals surface area (Å²) in [7, 11) is 15.3. The van der Waals surface area contributed by atoms with Gasteiger partial charge >= 0.3 is 35.8 Å². The van der Waals surface area contributed by atoms with Gasteiger partial charge in [-0.3, -0.25) is 43.4 Å². The van der Waals surface area contributed by atoms with Crippen molar-refractivity contribution < 1.29 is 157 Å². The third kappa shape index (κ3) is 64.3. The first-order chi connectivity index (χ1) is 62.3. The predicted octanol–water partition coefficient (Wildman–Crippen LogP) is 8.59. The smallest absolute Gasteiger partial charge is 0.332 e. The number of nitriles is 1. The molecule has 0 bridgehead atoms. The van der Waals surface area contributed by atoms with Crippen LogP contribution in [0.4, 0.5) is 17.1 Å². The summed E-state index contributed by atoms with van der Waals surface area (Å²) >= 11 is 8.21. The number of thioether (sulfide) groups is 3. The number of benzene rings is 2. The first kappa shape index (κ1) is 141. The first-order valence-electron chi connectivity index (χ1n) is 43.0. The molecule has 0 saturated carbocycles. The number of amides is 2. The summed E-state index contributed by atoms with van der Waals surface area (Å²) in [6.07, 6.45) is 4.89. The topological polar surface area (TPSA) is 565 Å². The molecule has 2 amide bonds. The van der Waals surface area contributed by atoms with E-state index in [1.54, 1.807) is 106 Å². The van der Waals surface area contributed by atoms with Crippen LogP contribution < -0.4 is 15.4 Å². The highest BCUT2D eigenvalue weighted by Crippen LogP contribution is 2.40. The average molecular weight is 2010 g/mol. The monoisotopic (exact) mass is 2010 g/mol. The molecule has 2 saturated heterocycles. The van der Waals surface area contributed by atoms with Gasteiger partial charge in [0.1, 0.15) is 16.6 Å². The van der Waals surface area contributed by atoms with Gasteiger partial charge in [-0.25, -0.2) is 9.59 Å². The van der Waals surface area contributed by atoms with E-state index in [0.29, 0.717) is 82.2 Å². The zero-order chi connectivity index (χ0) is 107. The number of nitrogens with zero attached hydrogens (tertiary/aromatic N) is 4. The number of methoxy groups -OCH3 is 10. The van der Waals surface area contributed by atoms with Gasteiger partial charge in [0.05, 0.1) is 153 Å². The Morgan fingerprint density at radius 3 is 1.25 bits per heavy atom. The third-order valence-corrected chi connectivity index (χ3v) is 24.7. The molecule has 4 atom stereocenters. The molecule has 4 unspecified atom stereocenters. The summed E-state index contributed by atoms with van der Waals surface area (Å²) < 4.78 is 53.4. The predicted molar refractivity (Wildman–Crippen MR) is 530 cm³/mol. The van der Waals surface area contributed by atoms with Crippen LogP contribution in [0.25, 0.3) is 0 Å². The van der Waals surface area contributed by atoms with Crippen LogP contribution in [-0.4, -0.2) is 374 Å². The molecule has 2 heterocycles. The normalized spacial score (nSPS) is 15.0. The van der Waals surface area contributed by atoms with Crippen LogP contribution in [0.5, 0.6) is 5.75 Å². The Bertz CT molecular complexity index is 3640. The molecule has 14 N–H and O–H groups in total. The highest BCUT2D eigenvalue weighted by molar-refractivity contribution is 7.99. The largest absolute Gasteiger partial charge is 0.481 e. The van der Waals surface area contributed by atoms with Crippen molar-refractivity contribution in [3.8, 4) is 12.0 Å². The highest BCUT2D eigenvalue weighted by Gasteiger charge is 2.46. The number of rotatable bonds is 41. The summed E-state index contributed by atoms with van der Waals surface area (Å²) in [5.41, 5.74) is 0.525. The van der Waals surface area contributed by atoms with Gasteiger partial charge in [0.25, 0.3) is 6.26 Å². The van der Waals surface area contributed by atoms with Crippen molar-refractivity contribution in [2.75, 3.05) is 201 Å². The minimum Gasteiger partial charge on any atom is -0.481 e. The Morgan fingerprint density at radius 2 is 0.963 bits per heavy atom. The number of esters is 4. The second-order valence-electron chi connectivity index (χ2n) is 36.2. The number of carboxylic acid groups (broad SMARTS) is 2. The minimum absolute atomic E-state index is 0.0239. The molecule has 2 aromatic carbocycles. The lowest BCUT2D eigenvalue weighted by Gasteiger charge is -2.55. The molecule has 2 fully saturated rings. The number of aryl methyl sites for hydroxylation is 2. The van der Waals surface area contributed by atoms with Gasteiger partial charge in [-0.15, -0.1) is 5.26 Å². The van der Waals surface area contributed by atoms with Crippen molar-refractivity contribution in [3.05, 3.63) is 59.7 Å². The van der Waals surface area contributed by atoms with Crippen LogP contribution in [-0.2, 0) is 90.5 Å². The lowest BCUT2D eigenvalue weighted by Crippen LogP contribution is -2.62. The van der Waals surface area contributed by atoms with Crippen LogP contribution in [0.2, 0.25) is 0 Å². The number of aliphatic carboxylic acids is 2. The van der Waals surface area contributed by atoms with E-state index < -0.39 is 70.5 Å². The maximum absolute atomic E-state index is 11.4. The minimum atomic E-state index is -1.39. The number of aliphatic imine (C=N–C) groups is 1. The fourth-order valence-corrected chi connectivity index (χ4v) is 15.9. The van der Waals surface area contributed by atoms with Gasteiger partial charge < -0.3 is 124 Å². The Balaban J connectivity index is -0.000000269. The van der Waals surface area contributed by atoms with Crippen molar-refractivity contribution >= 4 is 119 Å². The molecule has 2 aliphatic rings. The number of nitrogens with one attached hydrogen (secondary N) is 2. The number of thiol groups is 1. The van der Waals surface area contributed by atoms with Gasteiger partial charge in [-0.2, -0.15) is 52.9 Å². The number of likely N-dealkylation sites (tertiary alicyclic amines) is 2. The Morgan fingerprint density at radius 1 is 0.563 bits per heavy atom. The fraction of sp³-hybridized carbons (Fsp3) is 0.742. The number of carbonyl (C=O) groups excluding carboxylic acids is 7. The lowest BCUT2D eigenvalue weighted by molar-refractivity contribution is -0.155. The standard InChI is InChI=1S/C13H27NO2.C11H14N2O2.C11H23NO2.C11H22O4S.C9H6N2O2.2C9H18O4S.C7H14O4.C5H10O4.C5H8O2.C3H8O2S/c1-12(2)9-11(16-6)10-13(3,4)14(12)7-8-15-5;1-7-4-5-10(12-8(2)14)6-11(7)13-9(3)15;1-10(2)7-9(14)8-11(3,4)12(10)5-6-13;1-11(2,10(12)15-5)8-16-7-9(14-4)6-13-3;1-7-2-3-8(13-5-10)4-9(7)11-6-12;2*1-9(2,8(12)13-3)6-14-5-7(11)4-10;1-7(4-10-2,5-11-3)6(8)9;1-5(2-6,3-7)4(8)9;1-4(2)5(6)7-3;4-1-3(5)2-6/h11H,7-10H2,1-6H3;4-6H,1-3H3,(H,12,14)(H,13,15);9,13-14H,5-8H2,1-4H3;9H,6-8H2,1-5H3;2-4H,1H3;2*7,10-11H,4-6H2,1-3H3;4-5H2,1-3H3,(H,8,9);6-7H,2-3H2,1H3,(H,8,9);1H2,2-3H3;3-6H,1-2H2. The first-order valence-corrected chi connectivity index (χ1v) is 47.1. The lowest BCUT2D eigenvalue weighted by atomic mass is 9.78. The number of hydrogen-bond acceptors (Lipinski definition) is 38. The van der Waals surface area contributed by atoms with E-state index in [0.717, 1.165) is 55.7 Å². The number of piperidine rings is 2. The van der Waals surface area contributed by atoms with E-state index in [9.17, 15) is 48.3 Å². The van der Waals surface area contributed by atoms with Gasteiger partial charge in [-0.1, -0.05) is 18.7 Å². The van der Waals surface area contributed by atoms with Crippen LogP contribution >= 0.6 is 47.9 Å². The van der Waals surface area contributed by atoms with Crippen LogP contribution in [0.15, 0.2) is 53.5 Å². The molecular weight excluding hydrogens is 1840 g/mol. The summed E-state index contributed by atoms with van der Waals surface area (Å²) in [5, 5.41) is 118. The zero-order valence-electron chi connectivity index (χ0n) is 85.9. The highest BCUT2D eigenvalue weighted by atomic mass is 32.2. The van der Waals surface area contributed by atoms with Gasteiger partial charge in [0.15, 0.2) is 0 Å². The van der Waals surface area contributed by atoms with Crippen molar-refractivity contribution in [1.82, 2.24) is 9.80 Å². The molecule has 786 valence electrons. The van der Waals surface area contributed by atoms with E-state index in [1.165, 1.54) is 105 Å². The van der Waals surface area contributed by atoms with Crippen molar-refractivity contribution in [1.29, 1.82) is 5.26 Å². The fourth-order valence-electron chi connectivity index (χ4n) is 12.3. The third-order valence-electron chi connectivity index (χ3n) is 19.6. The summed E-state index contributed by atoms with van der Waals surface area (Å²) in [4.78, 5) is 105. The number of carbonyl (C=O) groups is 8. The van der Waals surface area contributed by atoms with E-state index in [2.05, 4.69) is 119 Å². The summed E-state index contributed by atoms with van der Waals surface area (Å²) in [5.74, 6) is 0.806. The zero-order valence-corrected chi connectivity index (χ0v) is 89.2. The van der Waals surface area contributed by atoms with Crippen molar-refractivity contribution in [2.24, 2.45) is 32.1 Å². The number of carboxylic acids is 2. The van der Waals surface area contributed by atoms with Crippen molar-refractivity contribution in [2.45, 2.75) is 230 Å². The van der Waals surface area contributed by atoms with Crippen molar-refractivity contribution in [3.63, 3.8) is 0 Å². The van der Waals surface area contributed by atoms with Gasteiger partial charge in [0, 0.05) is 155 Å². The number of isocyanates is 1. The molecule has 2 aliphatic heterocycles. The molecule has 0 spiro atoms. The molecule has 38 nitrogen and oxygen atoms in total. The molecule has 0 radical (unpaired) electrons. The SMILES string of the molecule is C=C(C)C(=O)OC.CC(=O)Nc1ccc(C)c(NC(C)=O)c1.CC(CO)(CO)C(=O)O.CC1(C)CC(O)CC(C)(C)N1CCO.COC(=O)C(C)(C)CSCC(O)CO.COC(=O)C(C)(C)CSCC(O)CO.COCC(C)(COC)C(=O)O.COCC(CSCC(C)(C)C(=O)OC)OC.COCCN1C(C)(C)CC(OC)CC1(C)C.Cc1ccc(OC#N)cc1N=C=O.OCC(O)CS. The second-order valence-corrected chi connectivity index (χ2v) is 39.7. The van der Waals surface area contributed by atoms with E-state index >= 15 is 0 Å². The molecule has 0 aliphatic carbocycles. The number of β-amino-alcohol motifs (C(OH)–C–C–N with tert-alkyl or cyclic N) is 1. The molecule has 42 heteroatoms. The summed E-state index contributed by atoms with van der Waals surface area (Å²) in [6, 6.07) is 10.2.